The molecule has 0 aliphatic heterocycles. The largest absolute Gasteiger partial charge is 0.465 e. The summed E-state index contributed by atoms with van der Waals surface area (Å²) in [5.41, 5.74) is 1.21. The molecule has 1 aromatic carbocycles. The molecule has 0 aromatic heterocycles. The lowest BCUT2D eigenvalue weighted by molar-refractivity contribution is 0.0500. The summed E-state index contributed by atoms with van der Waals surface area (Å²) in [6.07, 6.45) is 1.14. The van der Waals surface area contributed by atoms with Crippen molar-refractivity contribution in [1.29, 1.82) is 0 Å². The zero-order chi connectivity index (χ0) is 12.7. The molecule has 1 N–H and O–H groups in total. The Morgan fingerprint density at radius 1 is 1.24 bits per heavy atom. The lowest BCUT2D eigenvalue weighted by atomic mass is 10.2. The van der Waals surface area contributed by atoms with E-state index in [4.69, 9.17) is 9.47 Å². The average molecular weight is 367 g/mol. The zero-order valence-corrected chi connectivity index (χ0v) is 13.2. The molecule has 0 aliphatic carbocycles. The second-order valence-electron chi connectivity index (χ2n) is 3.62. The van der Waals surface area contributed by atoms with E-state index in [2.05, 4.69) is 56.2 Å². The summed E-state index contributed by atoms with van der Waals surface area (Å²) in [6.45, 7) is 4.28. The van der Waals surface area contributed by atoms with Gasteiger partial charge in [0.15, 0.2) is 12.5 Å². The molecule has 0 saturated heterocycles. The number of methoxy groups -OCH3 is 1. The third-order valence-electron chi connectivity index (χ3n) is 2.14. The smallest absolute Gasteiger partial charge is 0.188 e. The van der Waals surface area contributed by atoms with Gasteiger partial charge in [0.1, 0.15) is 0 Å². The molecule has 0 atom stereocenters. The number of hydrogen-bond donors (Lipinski definition) is 1. The molecular formula is C12H17Br2NO2. The van der Waals surface area contributed by atoms with Gasteiger partial charge in [-0.1, -0.05) is 6.92 Å². The molecule has 5 heteroatoms. The number of nitrogens with one attached hydrogen (secondary N) is 1. The summed E-state index contributed by atoms with van der Waals surface area (Å²) in [5.74, 6) is 0.770. The summed E-state index contributed by atoms with van der Waals surface area (Å²) in [4.78, 5) is 0. The van der Waals surface area contributed by atoms with Crippen molar-refractivity contribution in [2.24, 2.45) is 0 Å². The maximum absolute atomic E-state index is 5.46. The van der Waals surface area contributed by atoms with Gasteiger partial charge in [-0.2, -0.15) is 0 Å². The van der Waals surface area contributed by atoms with Crippen LogP contribution < -0.4 is 10.1 Å². The zero-order valence-electron chi connectivity index (χ0n) is 10.1. The van der Waals surface area contributed by atoms with Gasteiger partial charge in [0, 0.05) is 13.7 Å². The van der Waals surface area contributed by atoms with E-state index in [0.29, 0.717) is 0 Å². The van der Waals surface area contributed by atoms with E-state index >= 15 is 0 Å². The van der Waals surface area contributed by atoms with E-state index in [-0.39, 0.29) is 6.79 Å². The van der Waals surface area contributed by atoms with Crippen molar-refractivity contribution in [1.82, 2.24) is 5.32 Å². The van der Waals surface area contributed by atoms with Gasteiger partial charge in [0.2, 0.25) is 0 Å². The molecule has 0 unspecified atom stereocenters. The number of benzene rings is 1. The fraction of sp³-hybridized carbons (Fsp3) is 0.500. The van der Waals surface area contributed by atoms with Crippen molar-refractivity contribution < 1.29 is 9.47 Å². The fourth-order valence-corrected chi connectivity index (χ4v) is 2.89. The normalized spacial score (nSPS) is 10.6. The van der Waals surface area contributed by atoms with E-state index in [1.54, 1.807) is 7.11 Å². The Bertz CT molecular complexity index is 335. The van der Waals surface area contributed by atoms with Crippen LogP contribution >= 0.6 is 31.9 Å². The average Bonchev–Trinajstić information content (AvgIpc) is 2.28. The van der Waals surface area contributed by atoms with Crippen LogP contribution in [0.5, 0.6) is 5.75 Å². The maximum Gasteiger partial charge on any atom is 0.188 e. The predicted molar refractivity (Wildman–Crippen MR) is 76.3 cm³/mol. The van der Waals surface area contributed by atoms with Gasteiger partial charge in [0.05, 0.1) is 8.95 Å². The highest BCUT2D eigenvalue weighted by molar-refractivity contribution is 9.11. The van der Waals surface area contributed by atoms with Crippen LogP contribution in [0.3, 0.4) is 0 Å². The van der Waals surface area contributed by atoms with Crippen LogP contribution in [0, 0.1) is 0 Å². The summed E-state index contributed by atoms with van der Waals surface area (Å²) < 4.78 is 12.2. The molecule has 0 fully saturated rings. The summed E-state index contributed by atoms with van der Waals surface area (Å²) in [5, 5.41) is 3.36. The Morgan fingerprint density at radius 2 is 1.88 bits per heavy atom. The van der Waals surface area contributed by atoms with Crippen LogP contribution in [0.2, 0.25) is 0 Å². The standard InChI is InChI=1S/C12H17Br2NO2/c1-3-4-15-7-9-5-10(13)12(11(14)6-9)17-8-16-2/h5-6,15H,3-4,7-8H2,1-2H3. The van der Waals surface area contributed by atoms with E-state index in [1.807, 2.05) is 0 Å². The van der Waals surface area contributed by atoms with E-state index < -0.39 is 0 Å². The van der Waals surface area contributed by atoms with Crippen LogP contribution in [0.15, 0.2) is 21.1 Å². The Balaban J connectivity index is 2.71. The van der Waals surface area contributed by atoms with E-state index in [0.717, 1.165) is 34.2 Å². The van der Waals surface area contributed by atoms with E-state index in [9.17, 15) is 0 Å². The van der Waals surface area contributed by atoms with Crippen molar-refractivity contribution in [3.8, 4) is 5.75 Å². The topological polar surface area (TPSA) is 30.5 Å². The number of rotatable bonds is 7. The minimum absolute atomic E-state index is 0.241. The second kappa shape index (κ2) is 8.08. The number of hydrogen-bond acceptors (Lipinski definition) is 3. The van der Waals surface area contributed by atoms with E-state index in [1.165, 1.54) is 5.56 Å². The van der Waals surface area contributed by atoms with Gasteiger partial charge in [-0.15, -0.1) is 0 Å². The molecule has 1 aromatic rings. The number of ether oxygens (including phenoxy) is 2. The minimum atomic E-state index is 0.241. The van der Waals surface area contributed by atoms with Gasteiger partial charge in [0.25, 0.3) is 0 Å². The lowest BCUT2D eigenvalue weighted by Crippen LogP contribution is -2.13. The molecule has 3 nitrogen and oxygen atoms in total. The molecule has 0 saturated carbocycles. The first-order valence-electron chi connectivity index (χ1n) is 5.49. The van der Waals surface area contributed by atoms with Gasteiger partial charge in [-0.25, -0.2) is 0 Å². The molecule has 0 heterocycles. The fourth-order valence-electron chi connectivity index (χ4n) is 1.38. The summed E-state index contributed by atoms with van der Waals surface area (Å²) >= 11 is 7.00. The van der Waals surface area contributed by atoms with Gasteiger partial charge in [-0.3, -0.25) is 0 Å². The first-order valence-corrected chi connectivity index (χ1v) is 7.08. The van der Waals surface area contributed by atoms with Crippen molar-refractivity contribution >= 4 is 31.9 Å². The van der Waals surface area contributed by atoms with Gasteiger partial charge >= 0.3 is 0 Å². The van der Waals surface area contributed by atoms with Crippen LogP contribution in [0.1, 0.15) is 18.9 Å². The Labute approximate surface area is 119 Å². The van der Waals surface area contributed by atoms with Crippen molar-refractivity contribution in [3.05, 3.63) is 26.6 Å². The van der Waals surface area contributed by atoms with Gasteiger partial charge < -0.3 is 14.8 Å². The van der Waals surface area contributed by atoms with Crippen molar-refractivity contribution in [2.45, 2.75) is 19.9 Å². The predicted octanol–water partition coefficient (Wildman–Crippen LogP) is 3.69. The SMILES string of the molecule is CCCNCc1cc(Br)c(OCOC)c(Br)c1. The second-order valence-corrected chi connectivity index (χ2v) is 5.32. The molecule has 0 spiro atoms. The monoisotopic (exact) mass is 365 g/mol. The Morgan fingerprint density at radius 3 is 2.41 bits per heavy atom. The highest BCUT2D eigenvalue weighted by Crippen LogP contribution is 2.34. The first kappa shape index (κ1) is 15.0. The van der Waals surface area contributed by atoms with Crippen LogP contribution in [0.25, 0.3) is 0 Å². The molecule has 0 aliphatic rings. The highest BCUT2D eigenvalue weighted by Gasteiger charge is 2.08. The lowest BCUT2D eigenvalue weighted by Gasteiger charge is -2.11. The van der Waals surface area contributed by atoms with Crippen LogP contribution in [0.4, 0.5) is 0 Å². The quantitative estimate of drug-likeness (QED) is 0.589. The molecule has 0 bridgehead atoms. The molecule has 17 heavy (non-hydrogen) atoms. The van der Waals surface area contributed by atoms with Crippen LogP contribution in [-0.2, 0) is 11.3 Å². The molecule has 96 valence electrons. The van der Waals surface area contributed by atoms with Crippen LogP contribution in [-0.4, -0.2) is 20.4 Å². The first-order chi connectivity index (χ1) is 8.19. The Hall–Kier alpha value is -0.100. The molecular weight excluding hydrogens is 350 g/mol. The minimum Gasteiger partial charge on any atom is -0.465 e. The third kappa shape index (κ3) is 4.95. The Kier molecular flexibility index (Phi) is 7.11. The maximum atomic E-state index is 5.46. The number of halogens is 2. The van der Waals surface area contributed by atoms with Crippen molar-refractivity contribution in [3.63, 3.8) is 0 Å². The highest BCUT2D eigenvalue weighted by atomic mass is 79.9. The summed E-state index contributed by atoms with van der Waals surface area (Å²) in [6, 6.07) is 4.11. The third-order valence-corrected chi connectivity index (χ3v) is 3.31. The summed E-state index contributed by atoms with van der Waals surface area (Å²) in [7, 11) is 1.60. The van der Waals surface area contributed by atoms with Crippen molar-refractivity contribution in [2.75, 3.05) is 20.4 Å². The molecule has 0 radical (unpaired) electrons. The molecule has 0 amide bonds. The molecule has 1 rings (SSSR count). The van der Waals surface area contributed by atoms with Gasteiger partial charge in [-0.05, 0) is 62.5 Å².